The van der Waals surface area contributed by atoms with Crippen molar-refractivity contribution in [3.63, 3.8) is 0 Å². The van der Waals surface area contributed by atoms with Crippen molar-refractivity contribution >= 4 is 11.9 Å². The summed E-state index contributed by atoms with van der Waals surface area (Å²) in [6.45, 7) is 2.17. The quantitative estimate of drug-likeness (QED) is 0.779. The number of nitrogens with two attached hydrogens (primary N) is 1. The Labute approximate surface area is 98.4 Å². The van der Waals surface area contributed by atoms with Gasteiger partial charge in [0.05, 0.1) is 0 Å². The Balaban J connectivity index is 2.70. The summed E-state index contributed by atoms with van der Waals surface area (Å²) in [7, 11) is 0. The molecule has 0 heterocycles. The molecule has 0 bridgehead atoms. The first-order valence-electron chi connectivity index (χ1n) is 5.18. The van der Waals surface area contributed by atoms with E-state index in [1.54, 1.807) is 0 Å². The average molecular weight is 239 g/mol. The molecule has 6 heteroatoms. The highest BCUT2D eigenvalue weighted by Crippen LogP contribution is 2.02. The zero-order valence-electron chi connectivity index (χ0n) is 9.44. The van der Waals surface area contributed by atoms with Gasteiger partial charge in [-0.3, -0.25) is 10.2 Å². The maximum Gasteiger partial charge on any atom is 0.333 e. The van der Waals surface area contributed by atoms with Crippen molar-refractivity contribution in [2.45, 2.75) is 13.3 Å². The molecule has 0 spiro atoms. The van der Waals surface area contributed by atoms with Gasteiger partial charge in [0.2, 0.25) is 0 Å². The van der Waals surface area contributed by atoms with Crippen molar-refractivity contribution < 1.29 is 14.0 Å². The molecule has 0 radical (unpaired) electrons. The Morgan fingerprint density at radius 1 is 1.35 bits per heavy atom. The van der Waals surface area contributed by atoms with Crippen molar-refractivity contribution in [1.82, 2.24) is 10.4 Å². The standard InChI is InChI=1S/C11H14FN3O2/c1-2-7-15(11(13)17)14-10(16)8-3-5-9(12)6-4-8/h3-6H,2,7H2,1H3,(H2,13,17)(H,14,16). The molecule has 1 aromatic carbocycles. The molecule has 17 heavy (non-hydrogen) atoms. The topological polar surface area (TPSA) is 75.4 Å². The first kappa shape index (κ1) is 13.0. The molecule has 0 fully saturated rings. The van der Waals surface area contributed by atoms with Gasteiger partial charge in [-0.2, -0.15) is 0 Å². The van der Waals surface area contributed by atoms with Crippen molar-refractivity contribution in [2.75, 3.05) is 6.54 Å². The van der Waals surface area contributed by atoms with Crippen molar-refractivity contribution in [1.29, 1.82) is 0 Å². The second-order valence-electron chi connectivity index (χ2n) is 3.44. The second-order valence-corrected chi connectivity index (χ2v) is 3.44. The number of carbonyl (C=O) groups is 2. The number of benzene rings is 1. The molecule has 0 saturated carbocycles. The van der Waals surface area contributed by atoms with Crippen molar-refractivity contribution in [3.8, 4) is 0 Å². The SMILES string of the molecule is CCCN(NC(=O)c1ccc(F)cc1)C(N)=O. The van der Waals surface area contributed by atoms with E-state index in [4.69, 9.17) is 5.73 Å². The highest BCUT2D eigenvalue weighted by atomic mass is 19.1. The first-order valence-corrected chi connectivity index (χ1v) is 5.18. The molecule has 5 nitrogen and oxygen atoms in total. The highest BCUT2D eigenvalue weighted by molar-refractivity contribution is 5.95. The molecular formula is C11H14FN3O2. The van der Waals surface area contributed by atoms with Gasteiger partial charge in [0.15, 0.2) is 0 Å². The van der Waals surface area contributed by atoms with Crippen LogP contribution in [0.1, 0.15) is 23.7 Å². The van der Waals surface area contributed by atoms with Crippen LogP contribution in [0.3, 0.4) is 0 Å². The fourth-order valence-electron chi connectivity index (χ4n) is 1.23. The molecule has 0 aliphatic rings. The number of urea groups is 1. The van der Waals surface area contributed by atoms with Crippen LogP contribution in [0.25, 0.3) is 0 Å². The fraction of sp³-hybridized carbons (Fsp3) is 0.273. The van der Waals surface area contributed by atoms with Crippen LogP contribution in [0, 0.1) is 5.82 Å². The van der Waals surface area contributed by atoms with Crippen LogP contribution in [-0.4, -0.2) is 23.5 Å². The largest absolute Gasteiger partial charge is 0.350 e. The average Bonchev–Trinajstić information content (AvgIpc) is 2.29. The molecule has 0 unspecified atom stereocenters. The molecule has 0 aliphatic carbocycles. The zero-order chi connectivity index (χ0) is 12.8. The van der Waals surface area contributed by atoms with Crippen LogP contribution in [0.5, 0.6) is 0 Å². The van der Waals surface area contributed by atoms with Gasteiger partial charge < -0.3 is 5.73 Å². The van der Waals surface area contributed by atoms with Crippen LogP contribution in [-0.2, 0) is 0 Å². The monoisotopic (exact) mass is 239 g/mol. The Morgan fingerprint density at radius 3 is 2.41 bits per heavy atom. The lowest BCUT2D eigenvalue weighted by Crippen LogP contribution is -2.49. The second kappa shape index (κ2) is 5.83. The number of hydrazine groups is 1. The van der Waals surface area contributed by atoms with E-state index in [-0.39, 0.29) is 5.56 Å². The van der Waals surface area contributed by atoms with E-state index in [2.05, 4.69) is 5.43 Å². The fourth-order valence-corrected chi connectivity index (χ4v) is 1.23. The van der Waals surface area contributed by atoms with Crippen LogP contribution >= 0.6 is 0 Å². The van der Waals surface area contributed by atoms with Crippen molar-refractivity contribution in [3.05, 3.63) is 35.6 Å². The number of nitrogens with zero attached hydrogens (tertiary/aromatic N) is 1. The van der Waals surface area contributed by atoms with E-state index in [9.17, 15) is 14.0 Å². The number of hydrogen-bond acceptors (Lipinski definition) is 2. The van der Waals surface area contributed by atoms with Gasteiger partial charge in [-0.1, -0.05) is 6.92 Å². The number of carbonyl (C=O) groups excluding carboxylic acids is 2. The van der Waals surface area contributed by atoms with E-state index in [0.717, 1.165) is 5.01 Å². The summed E-state index contributed by atoms with van der Waals surface area (Å²) in [5.74, 6) is -0.931. The zero-order valence-corrected chi connectivity index (χ0v) is 9.44. The third-order valence-corrected chi connectivity index (χ3v) is 2.06. The maximum atomic E-state index is 12.6. The predicted molar refractivity (Wildman–Crippen MR) is 60.4 cm³/mol. The lowest BCUT2D eigenvalue weighted by atomic mass is 10.2. The highest BCUT2D eigenvalue weighted by Gasteiger charge is 2.13. The van der Waals surface area contributed by atoms with E-state index >= 15 is 0 Å². The predicted octanol–water partition coefficient (Wildman–Crippen LogP) is 1.26. The minimum absolute atomic E-state index is 0.258. The van der Waals surface area contributed by atoms with Gasteiger partial charge >= 0.3 is 6.03 Å². The Morgan fingerprint density at radius 2 is 1.94 bits per heavy atom. The molecule has 0 atom stereocenters. The normalized spacial score (nSPS) is 9.76. The third-order valence-electron chi connectivity index (χ3n) is 2.06. The smallest absolute Gasteiger partial charge is 0.333 e. The molecule has 3 amide bonds. The van der Waals surface area contributed by atoms with Crippen LogP contribution < -0.4 is 11.2 Å². The van der Waals surface area contributed by atoms with Crippen molar-refractivity contribution in [2.24, 2.45) is 5.73 Å². The van der Waals surface area contributed by atoms with Gasteiger partial charge in [-0.15, -0.1) is 0 Å². The summed E-state index contributed by atoms with van der Waals surface area (Å²) in [4.78, 5) is 22.6. The summed E-state index contributed by atoms with van der Waals surface area (Å²) in [5.41, 5.74) is 7.69. The molecule has 92 valence electrons. The number of primary amides is 1. The number of halogens is 1. The van der Waals surface area contributed by atoms with E-state index in [0.29, 0.717) is 13.0 Å². The number of rotatable bonds is 3. The van der Waals surface area contributed by atoms with E-state index in [1.165, 1.54) is 24.3 Å². The molecule has 0 saturated heterocycles. The van der Waals surface area contributed by atoms with Gasteiger partial charge in [0.1, 0.15) is 5.82 Å². The van der Waals surface area contributed by atoms with Crippen LogP contribution in [0.2, 0.25) is 0 Å². The molecule has 0 aliphatic heterocycles. The van der Waals surface area contributed by atoms with Gasteiger partial charge in [-0.25, -0.2) is 14.2 Å². The van der Waals surface area contributed by atoms with E-state index < -0.39 is 17.8 Å². The Bertz CT molecular complexity index is 406. The molecule has 0 aromatic heterocycles. The Kier molecular flexibility index (Phi) is 4.45. The Hall–Kier alpha value is -2.11. The molecule has 1 rings (SSSR count). The van der Waals surface area contributed by atoms with Gasteiger partial charge in [-0.05, 0) is 30.7 Å². The maximum absolute atomic E-state index is 12.6. The summed E-state index contributed by atoms with van der Waals surface area (Å²) >= 11 is 0. The number of nitrogens with one attached hydrogen (secondary N) is 1. The van der Waals surface area contributed by atoms with Gasteiger partial charge in [0.25, 0.3) is 5.91 Å². The minimum Gasteiger partial charge on any atom is -0.350 e. The summed E-state index contributed by atoms with van der Waals surface area (Å²) in [6.07, 6.45) is 0.659. The van der Waals surface area contributed by atoms with Crippen LogP contribution in [0.4, 0.5) is 9.18 Å². The summed E-state index contributed by atoms with van der Waals surface area (Å²) in [5, 5.41) is 1.02. The lowest BCUT2D eigenvalue weighted by molar-refractivity contribution is 0.0833. The summed E-state index contributed by atoms with van der Waals surface area (Å²) in [6, 6.07) is 4.26. The van der Waals surface area contributed by atoms with Crippen LogP contribution in [0.15, 0.2) is 24.3 Å². The van der Waals surface area contributed by atoms with Gasteiger partial charge in [0, 0.05) is 12.1 Å². The summed E-state index contributed by atoms with van der Waals surface area (Å²) < 4.78 is 12.6. The number of hydrogen-bond donors (Lipinski definition) is 2. The minimum atomic E-state index is -0.734. The molecular weight excluding hydrogens is 225 g/mol. The molecule has 1 aromatic rings. The lowest BCUT2D eigenvalue weighted by Gasteiger charge is -2.20. The molecule has 3 N–H and O–H groups in total. The third kappa shape index (κ3) is 3.75. The first-order chi connectivity index (χ1) is 8.04. The number of amides is 3. The van der Waals surface area contributed by atoms with E-state index in [1.807, 2.05) is 6.92 Å².